The first-order valence-electron chi connectivity index (χ1n) is 11.2. The molecule has 0 fully saturated rings. The van der Waals surface area contributed by atoms with Gasteiger partial charge >= 0.3 is 12.1 Å². The maximum Gasteiger partial charge on any atom is 0.490 e. The van der Waals surface area contributed by atoms with Crippen LogP contribution >= 0.6 is 0 Å². The number of aliphatic carboxylic acids is 1. The summed E-state index contributed by atoms with van der Waals surface area (Å²) in [6, 6.07) is 16.3. The molecule has 0 aliphatic heterocycles. The van der Waals surface area contributed by atoms with Gasteiger partial charge in [-0.15, -0.1) is 0 Å². The zero-order valence-electron chi connectivity index (χ0n) is 20.0. The first-order valence-corrected chi connectivity index (χ1v) is 11.2. The summed E-state index contributed by atoms with van der Waals surface area (Å²) in [4.78, 5) is 26.3. The van der Waals surface area contributed by atoms with Crippen molar-refractivity contribution in [2.45, 2.75) is 39.2 Å². The van der Waals surface area contributed by atoms with Gasteiger partial charge in [-0.25, -0.2) is 4.79 Å². The van der Waals surface area contributed by atoms with E-state index in [2.05, 4.69) is 51.5 Å². The molecule has 8 nitrogen and oxygen atoms in total. The van der Waals surface area contributed by atoms with Gasteiger partial charge in [-0.2, -0.15) is 13.2 Å². The molecule has 192 valence electrons. The number of ether oxygens (including phenoxy) is 1. The average Bonchev–Trinajstić information content (AvgIpc) is 3.36. The van der Waals surface area contributed by atoms with Crippen molar-refractivity contribution in [1.29, 1.82) is 0 Å². The van der Waals surface area contributed by atoms with Gasteiger partial charge in [0.15, 0.2) is 0 Å². The number of fused-ring (bicyclic) bond motifs is 3. The molecule has 0 saturated carbocycles. The topological polar surface area (TPSA) is 98.4 Å². The number of carbonyl (C=O) groups is 2. The minimum Gasteiger partial charge on any atom is -0.475 e. The molecule has 1 aromatic carbocycles. The number of hydrogen-bond donors (Lipinski definition) is 2. The number of pyridine rings is 1. The van der Waals surface area contributed by atoms with Gasteiger partial charge in [-0.05, 0) is 38.1 Å². The Hall–Kier alpha value is -3.86. The first kappa shape index (κ1) is 26.7. The highest BCUT2D eigenvalue weighted by Gasteiger charge is 2.38. The fraction of sp³-hybridized carbons (Fsp3) is 0.320. The standard InChI is InChI=1S/C23H26N4O2.C2HF3O2/c1-16(2)27-19-10-5-4-9-18(19)22-20(27)14-21(26(22)12-13-29-3)23(28)25-15-17-8-6-7-11-24-17;3-2(4,5)1(6)7/h4-11,14,16H,12-13,15H2,1-3H3,(H,25,28);(H,6,7). The molecule has 3 aromatic heterocycles. The van der Waals surface area contributed by atoms with Crippen LogP contribution in [0.2, 0.25) is 0 Å². The van der Waals surface area contributed by atoms with Gasteiger partial charge < -0.3 is 24.3 Å². The van der Waals surface area contributed by atoms with Gasteiger partial charge in [0.1, 0.15) is 5.69 Å². The van der Waals surface area contributed by atoms with Crippen LogP contribution in [0.25, 0.3) is 21.9 Å². The number of amides is 1. The number of nitrogens with one attached hydrogen (secondary N) is 1. The number of methoxy groups -OCH3 is 1. The number of para-hydroxylation sites is 1. The molecule has 0 aliphatic rings. The molecule has 0 saturated heterocycles. The number of carboxylic acids is 1. The number of rotatable bonds is 7. The van der Waals surface area contributed by atoms with E-state index in [0.717, 1.165) is 22.1 Å². The lowest BCUT2D eigenvalue weighted by atomic mass is 10.2. The highest BCUT2D eigenvalue weighted by Crippen LogP contribution is 2.34. The molecule has 3 heterocycles. The molecule has 1 amide bonds. The smallest absolute Gasteiger partial charge is 0.475 e. The van der Waals surface area contributed by atoms with Crippen LogP contribution in [0.5, 0.6) is 0 Å². The van der Waals surface area contributed by atoms with Crippen LogP contribution in [0.15, 0.2) is 54.7 Å². The second kappa shape index (κ2) is 11.3. The third-order valence-electron chi connectivity index (χ3n) is 5.42. The van der Waals surface area contributed by atoms with Crippen LogP contribution in [-0.2, 0) is 22.6 Å². The number of carboxylic acid groups (broad SMARTS) is 1. The largest absolute Gasteiger partial charge is 0.490 e. The summed E-state index contributed by atoms with van der Waals surface area (Å²) in [6.45, 7) is 5.87. The summed E-state index contributed by atoms with van der Waals surface area (Å²) in [6.07, 6.45) is -3.35. The number of aromatic nitrogens is 3. The number of nitrogens with zero attached hydrogens (tertiary/aromatic N) is 3. The van der Waals surface area contributed by atoms with Gasteiger partial charge in [-0.1, -0.05) is 24.3 Å². The Morgan fingerprint density at radius 2 is 1.78 bits per heavy atom. The van der Waals surface area contributed by atoms with Crippen molar-refractivity contribution in [3.63, 3.8) is 0 Å². The summed E-state index contributed by atoms with van der Waals surface area (Å²) in [5.41, 5.74) is 4.80. The predicted molar refractivity (Wildman–Crippen MR) is 129 cm³/mol. The van der Waals surface area contributed by atoms with E-state index in [1.54, 1.807) is 13.3 Å². The van der Waals surface area contributed by atoms with Gasteiger partial charge in [0.2, 0.25) is 0 Å². The lowest BCUT2D eigenvalue weighted by Crippen LogP contribution is -2.26. The minimum atomic E-state index is -5.08. The zero-order chi connectivity index (χ0) is 26.5. The van der Waals surface area contributed by atoms with Crippen LogP contribution in [0.3, 0.4) is 0 Å². The second-order valence-electron chi connectivity index (χ2n) is 8.20. The van der Waals surface area contributed by atoms with Crippen molar-refractivity contribution in [3.05, 3.63) is 66.1 Å². The zero-order valence-corrected chi connectivity index (χ0v) is 20.0. The van der Waals surface area contributed by atoms with Gasteiger partial charge in [0.05, 0.1) is 35.4 Å². The van der Waals surface area contributed by atoms with E-state index < -0.39 is 12.1 Å². The van der Waals surface area contributed by atoms with Gasteiger partial charge in [0, 0.05) is 31.3 Å². The Bertz CT molecular complexity index is 1340. The van der Waals surface area contributed by atoms with Crippen molar-refractivity contribution in [2.24, 2.45) is 0 Å². The maximum atomic E-state index is 13.1. The molecule has 2 N–H and O–H groups in total. The summed E-state index contributed by atoms with van der Waals surface area (Å²) in [7, 11) is 1.68. The van der Waals surface area contributed by atoms with Crippen LogP contribution in [0, 0.1) is 0 Å². The maximum absolute atomic E-state index is 13.1. The van der Waals surface area contributed by atoms with Gasteiger partial charge in [-0.3, -0.25) is 9.78 Å². The third-order valence-corrected chi connectivity index (χ3v) is 5.42. The minimum absolute atomic E-state index is 0.109. The molecular formula is C25H27F3N4O4. The van der Waals surface area contributed by atoms with Crippen LogP contribution in [0.4, 0.5) is 13.2 Å². The highest BCUT2D eigenvalue weighted by molar-refractivity contribution is 6.10. The Labute approximate surface area is 205 Å². The fourth-order valence-electron chi connectivity index (χ4n) is 3.94. The Morgan fingerprint density at radius 1 is 1.11 bits per heavy atom. The Kier molecular flexibility index (Phi) is 8.36. The monoisotopic (exact) mass is 504 g/mol. The lowest BCUT2D eigenvalue weighted by Gasteiger charge is -2.11. The summed E-state index contributed by atoms with van der Waals surface area (Å²) in [5, 5.41) is 11.3. The Morgan fingerprint density at radius 3 is 2.36 bits per heavy atom. The number of alkyl halides is 3. The lowest BCUT2D eigenvalue weighted by molar-refractivity contribution is -0.192. The molecule has 0 aliphatic carbocycles. The average molecular weight is 505 g/mol. The van der Waals surface area contributed by atoms with Gasteiger partial charge in [0.25, 0.3) is 5.91 Å². The van der Waals surface area contributed by atoms with E-state index in [-0.39, 0.29) is 11.9 Å². The van der Waals surface area contributed by atoms with Crippen molar-refractivity contribution in [1.82, 2.24) is 19.4 Å². The highest BCUT2D eigenvalue weighted by atomic mass is 19.4. The molecule has 4 aromatic rings. The summed E-state index contributed by atoms with van der Waals surface area (Å²) < 4.78 is 41.4. The van der Waals surface area contributed by atoms with E-state index in [9.17, 15) is 18.0 Å². The molecule has 0 spiro atoms. The molecule has 36 heavy (non-hydrogen) atoms. The summed E-state index contributed by atoms with van der Waals surface area (Å²) >= 11 is 0. The first-order chi connectivity index (χ1) is 17.1. The molecule has 0 radical (unpaired) electrons. The van der Waals surface area contributed by atoms with Crippen LogP contribution in [-0.4, -0.2) is 51.0 Å². The number of hydrogen-bond acceptors (Lipinski definition) is 4. The van der Waals surface area contributed by atoms with Crippen molar-refractivity contribution < 1.29 is 32.6 Å². The molecule has 0 bridgehead atoms. The second-order valence-corrected chi connectivity index (χ2v) is 8.20. The fourth-order valence-corrected chi connectivity index (χ4v) is 3.94. The van der Waals surface area contributed by atoms with E-state index in [4.69, 9.17) is 14.6 Å². The van der Waals surface area contributed by atoms with Crippen molar-refractivity contribution >= 4 is 33.8 Å². The van der Waals surface area contributed by atoms with E-state index in [1.807, 2.05) is 30.3 Å². The van der Waals surface area contributed by atoms with E-state index in [1.165, 1.54) is 5.52 Å². The van der Waals surface area contributed by atoms with Crippen LogP contribution < -0.4 is 5.32 Å². The quantitative estimate of drug-likeness (QED) is 0.378. The van der Waals surface area contributed by atoms with Crippen LogP contribution in [0.1, 0.15) is 36.1 Å². The summed E-state index contributed by atoms with van der Waals surface area (Å²) in [5.74, 6) is -2.87. The molecule has 11 heteroatoms. The number of benzene rings is 1. The SMILES string of the molecule is COCCn1c(C(=O)NCc2ccccn2)cc2c1c1ccccc1n2C(C)C.O=C(O)C(F)(F)F. The Balaban J connectivity index is 0.000000454. The molecule has 0 atom stereocenters. The van der Waals surface area contributed by atoms with Crippen molar-refractivity contribution in [2.75, 3.05) is 13.7 Å². The molecule has 0 unspecified atom stereocenters. The third kappa shape index (κ3) is 5.85. The number of carbonyl (C=O) groups excluding carboxylic acids is 1. The van der Waals surface area contributed by atoms with E-state index in [0.29, 0.717) is 25.4 Å². The van der Waals surface area contributed by atoms with Crippen molar-refractivity contribution in [3.8, 4) is 0 Å². The molecule has 4 rings (SSSR count). The van der Waals surface area contributed by atoms with E-state index >= 15 is 0 Å². The number of halogens is 3. The molecular weight excluding hydrogens is 477 g/mol. The predicted octanol–water partition coefficient (Wildman–Crippen LogP) is 4.78. The normalized spacial score (nSPS) is 11.5.